The number of anilines is 2. The smallest absolute Gasteiger partial charge is 0.243 e. The van der Waals surface area contributed by atoms with Crippen LogP contribution in [0.5, 0.6) is 11.5 Å². The molecule has 0 unspecified atom stereocenters. The molecule has 0 aliphatic rings. The molecule has 0 atom stereocenters. The molecule has 0 bridgehead atoms. The van der Waals surface area contributed by atoms with Gasteiger partial charge in [-0.25, -0.2) is 0 Å². The molecule has 2 aromatic carbocycles. The number of amides is 1. The van der Waals surface area contributed by atoms with Gasteiger partial charge in [0, 0.05) is 23.5 Å². The van der Waals surface area contributed by atoms with Gasteiger partial charge in [0.05, 0.1) is 19.8 Å². The Morgan fingerprint density at radius 3 is 2.33 bits per heavy atom. The van der Waals surface area contributed by atoms with Crippen molar-refractivity contribution in [2.24, 2.45) is 0 Å². The van der Waals surface area contributed by atoms with Gasteiger partial charge in [-0.3, -0.25) is 4.79 Å². The minimum atomic E-state index is -0.121. The molecule has 0 aliphatic heterocycles. The molecular formula is C19H24N2O3. The summed E-state index contributed by atoms with van der Waals surface area (Å²) in [5.41, 5.74) is 1.56. The zero-order valence-electron chi connectivity index (χ0n) is 14.2. The van der Waals surface area contributed by atoms with E-state index < -0.39 is 0 Å². The predicted octanol–water partition coefficient (Wildman–Crippen LogP) is 3.92. The molecule has 2 rings (SSSR count). The van der Waals surface area contributed by atoms with Gasteiger partial charge in [0.15, 0.2) is 0 Å². The van der Waals surface area contributed by atoms with Crippen molar-refractivity contribution in [2.75, 3.05) is 30.4 Å². The Balaban J connectivity index is 1.86. The molecular weight excluding hydrogens is 304 g/mol. The van der Waals surface area contributed by atoms with Gasteiger partial charge in [0.1, 0.15) is 11.5 Å². The Morgan fingerprint density at radius 2 is 1.62 bits per heavy atom. The van der Waals surface area contributed by atoms with E-state index in [2.05, 4.69) is 17.6 Å². The van der Waals surface area contributed by atoms with E-state index in [9.17, 15) is 4.79 Å². The third-order valence-corrected chi connectivity index (χ3v) is 3.19. The van der Waals surface area contributed by atoms with Crippen LogP contribution in [0.3, 0.4) is 0 Å². The lowest BCUT2D eigenvalue weighted by Gasteiger charge is -2.10. The molecule has 5 nitrogen and oxygen atoms in total. The maximum atomic E-state index is 12.1. The van der Waals surface area contributed by atoms with Gasteiger partial charge >= 0.3 is 0 Å². The number of rotatable bonds is 9. The second-order valence-corrected chi connectivity index (χ2v) is 5.24. The second-order valence-electron chi connectivity index (χ2n) is 5.24. The first-order valence-electron chi connectivity index (χ1n) is 8.20. The highest BCUT2D eigenvalue weighted by molar-refractivity contribution is 5.93. The molecule has 0 radical (unpaired) electrons. The van der Waals surface area contributed by atoms with E-state index in [1.807, 2.05) is 55.5 Å². The average Bonchev–Trinajstić information content (AvgIpc) is 2.59. The van der Waals surface area contributed by atoms with Crippen LogP contribution in [0.15, 0.2) is 48.5 Å². The number of hydrogen-bond donors (Lipinski definition) is 2. The molecule has 0 saturated carbocycles. The predicted molar refractivity (Wildman–Crippen MR) is 97.0 cm³/mol. The molecule has 24 heavy (non-hydrogen) atoms. The van der Waals surface area contributed by atoms with Gasteiger partial charge in [-0.2, -0.15) is 0 Å². The zero-order valence-corrected chi connectivity index (χ0v) is 14.2. The lowest BCUT2D eigenvalue weighted by molar-refractivity contribution is -0.114. The van der Waals surface area contributed by atoms with Gasteiger partial charge in [0.2, 0.25) is 5.91 Å². The summed E-state index contributed by atoms with van der Waals surface area (Å²) < 4.78 is 11.0. The van der Waals surface area contributed by atoms with Gasteiger partial charge in [-0.05, 0) is 37.6 Å². The SMILES string of the molecule is CCCOc1cccc(NC(=O)CNc2cccc(OCC)c2)c1. The zero-order chi connectivity index (χ0) is 17.2. The van der Waals surface area contributed by atoms with Crippen molar-refractivity contribution in [3.8, 4) is 11.5 Å². The molecule has 0 spiro atoms. The summed E-state index contributed by atoms with van der Waals surface area (Å²) >= 11 is 0. The summed E-state index contributed by atoms with van der Waals surface area (Å²) in [5.74, 6) is 1.42. The highest BCUT2D eigenvalue weighted by Crippen LogP contribution is 2.18. The quantitative estimate of drug-likeness (QED) is 0.732. The molecule has 2 aromatic rings. The Kier molecular flexibility index (Phi) is 6.95. The monoisotopic (exact) mass is 328 g/mol. The Morgan fingerprint density at radius 1 is 0.958 bits per heavy atom. The van der Waals surface area contributed by atoms with Crippen molar-refractivity contribution >= 4 is 17.3 Å². The van der Waals surface area contributed by atoms with Crippen molar-refractivity contribution in [1.82, 2.24) is 0 Å². The van der Waals surface area contributed by atoms with Crippen molar-refractivity contribution < 1.29 is 14.3 Å². The van der Waals surface area contributed by atoms with Crippen LogP contribution < -0.4 is 20.1 Å². The molecule has 1 amide bonds. The Bertz CT molecular complexity index is 659. The van der Waals surface area contributed by atoms with E-state index >= 15 is 0 Å². The van der Waals surface area contributed by atoms with Gasteiger partial charge < -0.3 is 20.1 Å². The summed E-state index contributed by atoms with van der Waals surface area (Å²) in [4.78, 5) is 12.1. The fourth-order valence-electron chi connectivity index (χ4n) is 2.13. The molecule has 0 aromatic heterocycles. The molecule has 0 saturated heterocycles. The van der Waals surface area contributed by atoms with Gasteiger partial charge in [-0.1, -0.05) is 19.1 Å². The molecule has 128 valence electrons. The number of nitrogens with one attached hydrogen (secondary N) is 2. The number of benzene rings is 2. The first-order valence-corrected chi connectivity index (χ1v) is 8.20. The van der Waals surface area contributed by atoms with Crippen LogP contribution in [0.2, 0.25) is 0 Å². The summed E-state index contributed by atoms with van der Waals surface area (Å²) in [7, 11) is 0. The van der Waals surface area contributed by atoms with Crippen LogP contribution in [0.4, 0.5) is 11.4 Å². The topological polar surface area (TPSA) is 59.6 Å². The van der Waals surface area contributed by atoms with Crippen LogP contribution >= 0.6 is 0 Å². The molecule has 2 N–H and O–H groups in total. The highest BCUT2D eigenvalue weighted by atomic mass is 16.5. The third kappa shape index (κ3) is 5.83. The minimum Gasteiger partial charge on any atom is -0.494 e. The first kappa shape index (κ1) is 17.7. The van der Waals surface area contributed by atoms with E-state index in [1.54, 1.807) is 0 Å². The van der Waals surface area contributed by atoms with E-state index in [0.717, 1.165) is 29.3 Å². The summed E-state index contributed by atoms with van der Waals surface area (Å²) in [6, 6.07) is 14.9. The van der Waals surface area contributed by atoms with Crippen molar-refractivity contribution in [1.29, 1.82) is 0 Å². The second kappa shape index (κ2) is 9.45. The van der Waals surface area contributed by atoms with E-state index in [4.69, 9.17) is 9.47 Å². The van der Waals surface area contributed by atoms with Gasteiger partial charge in [-0.15, -0.1) is 0 Å². The molecule has 0 heterocycles. The first-order chi connectivity index (χ1) is 11.7. The number of hydrogen-bond acceptors (Lipinski definition) is 4. The summed E-state index contributed by atoms with van der Waals surface area (Å²) in [6.07, 6.45) is 0.946. The third-order valence-electron chi connectivity index (χ3n) is 3.19. The molecule has 5 heteroatoms. The Labute approximate surface area is 143 Å². The number of carbonyl (C=O) groups is 1. The van der Waals surface area contributed by atoms with E-state index in [0.29, 0.717) is 13.2 Å². The van der Waals surface area contributed by atoms with Crippen LogP contribution in [-0.4, -0.2) is 25.7 Å². The lowest BCUT2D eigenvalue weighted by Crippen LogP contribution is -2.21. The standard InChI is InChI=1S/C19H24N2O3/c1-3-11-24-18-10-6-8-16(13-18)21-19(22)14-20-15-7-5-9-17(12-15)23-4-2/h5-10,12-13,20H,3-4,11,14H2,1-2H3,(H,21,22). The summed E-state index contributed by atoms with van der Waals surface area (Å²) in [6.45, 7) is 5.44. The van der Waals surface area contributed by atoms with Crippen LogP contribution in [-0.2, 0) is 4.79 Å². The van der Waals surface area contributed by atoms with Crippen molar-refractivity contribution in [2.45, 2.75) is 20.3 Å². The fraction of sp³-hybridized carbons (Fsp3) is 0.316. The molecule has 0 aliphatic carbocycles. The normalized spacial score (nSPS) is 10.1. The van der Waals surface area contributed by atoms with E-state index in [1.165, 1.54) is 0 Å². The Hall–Kier alpha value is -2.69. The number of carbonyl (C=O) groups excluding carboxylic acids is 1. The average molecular weight is 328 g/mol. The van der Waals surface area contributed by atoms with Crippen molar-refractivity contribution in [3.05, 3.63) is 48.5 Å². The summed E-state index contributed by atoms with van der Waals surface area (Å²) in [5, 5.41) is 5.95. The number of ether oxygens (including phenoxy) is 2. The lowest BCUT2D eigenvalue weighted by atomic mass is 10.3. The fourth-order valence-corrected chi connectivity index (χ4v) is 2.13. The van der Waals surface area contributed by atoms with Crippen LogP contribution in [0.25, 0.3) is 0 Å². The van der Waals surface area contributed by atoms with Crippen LogP contribution in [0, 0.1) is 0 Å². The maximum absolute atomic E-state index is 12.1. The van der Waals surface area contributed by atoms with E-state index in [-0.39, 0.29) is 12.5 Å². The highest BCUT2D eigenvalue weighted by Gasteiger charge is 2.04. The van der Waals surface area contributed by atoms with Crippen molar-refractivity contribution in [3.63, 3.8) is 0 Å². The maximum Gasteiger partial charge on any atom is 0.243 e. The minimum absolute atomic E-state index is 0.121. The largest absolute Gasteiger partial charge is 0.494 e. The molecule has 0 fully saturated rings. The van der Waals surface area contributed by atoms with Gasteiger partial charge in [0.25, 0.3) is 0 Å². The van der Waals surface area contributed by atoms with Crippen LogP contribution in [0.1, 0.15) is 20.3 Å².